The lowest BCUT2D eigenvalue weighted by Crippen LogP contribution is -1.90. The maximum absolute atomic E-state index is 5.18. The summed E-state index contributed by atoms with van der Waals surface area (Å²) in [5.74, 6) is 0. The summed E-state index contributed by atoms with van der Waals surface area (Å²) in [5.41, 5.74) is 16.7. The second-order valence-electron chi connectivity index (χ2n) is 14.7. The minimum atomic E-state index is 0.918. The van der Waals surface area contributed by atoms with Gasteiger partial charge in [0.1, 0.15) is 0 Å². The second-order valence-corrected chi connectivity index (χ2v) is 14.7. The lowest BCUT2D eigenvalue weighted by molar-refractivity contribution is 1.36. The van der Waals surface area contributed by atoms with Gasteiger partial charge in [0.05, 0.1) is 39.1 Å². The number of fused-ring (bicyclic) bond motifs is 5. The van der Waals surface area contributed by atoms with E-state index in [1.807, 2.05) is 12.3 Å². The van der Waals surface area contributed by atoms with Crippen molar-refractivity contribution >= 4 is 43.6 Å². The highest BCUT2D eigenvalue weighted by Crippen LogP contribution is 2.35. The van der Waals surface area contributed by atoms with Crippen molar-refractivity contribution in [2.45, 2.75) is 0 Å². The Morgan fingerprint density at radius 1 is 0.241 bits per heavy atom. The summed E-state index contributed by atoms with van der Waals surface area (Å²) in [7, 11) is 0. The molecule has 4 aromatic heterocycles. The minimum absolute atomic E-state index is 0.918. The zero-order chi connectivity index (χ0) is 38.4. The fraction of sp³-hybridized carbons (Fsp3) is 0. The Balaban J connectivity index is 0.889. The first-order valence-electron chi connectivity index (χ1n) is 19.5. The Morgan fingerprint density at radius 2 is 0.741 bits per heavy atom. The van der Waals surface area contributed by atoms with Gasteiger partial charge in [-0.25, -0.2) is 15.0 Å². The maximum atomic E-state index is 5.18. The summed E-state index contributed by atoms with van der Waals surface area (Å²) in [4.78, 5) is 20.0. The van der Waals surface area contributed by atoms with Crippen LogP contribution in [-0.4, -0.2) is 19.9 Å². The van der Waals surface area contributed by atoms with E-state index >= 15 is 0 Å². The largest absolute Gasteiger partial charge is 0.254 e. The molecule has 4 nitrogen and oxygen atoms in total. The van der Waals surface area contributed by atoms with E-state index in [1.54, 1.807) is 0 Å². The van der Waals surface area contributed by atoms with Gasteiger partial charge < -0.3 is 0 Å². The van der Waals surface area contributed by atoms with Crippen molar-refractivity contribution < 1.29 is 0 Å². The molecule has 0 saturated heterocycles. The van der Waals surface area contributed by atoms with Crippen molar-refractivity contribution in [3.63, 3.8) is 0 Å². The van der Waals surface area contributed by atoms with Crippen molar-refractivity contribution in [2.75, 3.05) is 0 Å². The smallest absolute Gasteiger partial charge is 0.0972 e. The lowest BCUT2D eigenvalue weighted by Gasteiger charge is -2.12. The van der Waals surface area contributed by atoms with E-state index in [4.69, 9.17) is 15.0 Å². The van der Waals surface area contributed by atoms with Gasteiger partial charge in [-0.15, -0.1) is 0 Å². The molecule has 0 N–H and O–H groups in total. The third-order valence-corrected chi connectivity index (χ3v) is 11.1. The molecule has 7 aromatic carbocycles. The van der Waals surface area contributed by atoms with Gasteiger partial charge in [0.2, 0.25) is 0 Å². The van der Waals surface area contributed by atoms with Crippen LogP contribution in [0.1, 0.15) is 0 Å². The van der Waals surface area contributed by atoms with Gasteiger partial charge in [-0.1, -0.05) is 140 Å². The van der Waals surface area contributed by atoms with Crippen LogP contribution in [0.5, 0.6) is 0 Å². The molecule has 0 unspecified atom stereocenters. The number of rotatable bonds is 6. The molecule has 0 saturated carbocycles. The van der Waals surface area contributed by atoms with Crippen LogP contribution in [0.3, 0.4) is 0 Å². The highest BCUT2D eigenvalue weighted by Gasteiger charge is 2.12. The van der Waals surface area contributed by atoms with E-state index in [1.165, 1.54) is 22.3 Å². The topological polar surface area (TPSA) is 51.6 Å². The molecule has 0 aliphatic rings. The fourth-order valence-electron chi connectivity index (χ4n) is 7.99. The minimum Gasteiger partial charge on any atom is -0.254 e. The molecule has 4 heteroatoms. The first kappa shape index (κ1) is 33.5. The number of hydrogen-bond acceptors (Lipinski definition) is 4. The number of hydrogen-bond donors (Lipinski definition) is 0. The van der Waals surface area contributed by atoms with Crippen LogP contribution in [0.2, 0.25) is 0 Å². The third-order valence-electron chi connectivity index (χ3n) is 11.1. The lowest BCUT2D eigenvalue weighted by atomic mass is 9.94. The van der Waals surface area contributed by atoms with Crippen LogP contribution in [0, 0.1) is 0 Å². The summed E-state index contributed by atoms with van der Waals surface area (Å²) in [6.07, 6.45) is 1.83. The summed E-state index contributed by atoms with van der Waals surface area (Å²) in [5, 5.41) is 4.37. The van der Waals surface area contributed by atoms with Crippen molar-refractivity contribution in [1.82, 2.24) is 19.9 Å². The van der Waals surface area contributed by atoms with Gasteiger partial charge >= 0.3 is 0 Å². The van der Waals surface area contributed by atoms with E-state index in [-0.39, 0.29) is 0 Å². The Labute approximate surface area is 335 Å². The Kier molecular flexibility index (Phi) is 8.11. The average molecular weight is 739 g/mol. The van der Waals surface area contributed by atoms with Crippen LogP contribution in [0.4, 0.5) is 0 Å². The summed E-state index contributed by atoms with van der Waals surface area (Å²) < 4.78 is 0. The van der Waals surface area contributed by atoms with Crippen LogP contribution >= 0.6 is 0 Å². The molecule has 4 heterocycles. The molecule has 58 heavy (non-hydrogen) atoms. The van der Waals surface area contributed by atoms with Crippen LogP contribution in [-0.2, 0) is 0 Å². The SMILES string of the molecule is c1ccc(-c2cc(-c3ccccc3)cc(-c3ccc4cc(-c5ccc6ccc(-c7ccc(-c8ccc9ccc%10cccnc%10c9n8)cc7)nc6c5)ccc4n3)c2)cc1. The molecular formula is C54H34N4. The number of aromatic nitrogens is 4. The molecule has 11 rings (SSSR count). The highest BCUT2D eigenvalue weighted by molar-refractivity contribution is 6.03. The molecule has 0 bridgehead atoms. The fourth-order valence-corrected chi connectivity index (χ4v) is 7.99. The van der Waals surface area contributed by atoms with Gasteiger partial charge in [0.15, 0.2) is 0 Å². The highest BCUT2D eigenvalue weighted by atomic mass is 14.8. The standard InChI is InChI=1S/C54H34N4/c1-3-8-35(9-4-1)45-31-46(36-10-5-2-6-11-36)33-47(32-45)51-28-24-44-30-42(23-27-50(44)56-51)43-20-17-39-21-25-48(57-52(39)34-43)37-13-15-38(16-14-37)49-26-22-41-19-18-40-12-7-29-55-53(40)54(41)58-49/h1-34H. The van der Waals surface area contributed by atoms with Crippen LogP contribution in [0.25, 0.3) is 111 Å². The Morgan fingerprint density at radius 3 is 1.45 bits per heavy atom. The molecule has 0 atom stereocenters. The van der Waals surface area contributed by atoms with Crippen LogP contribution in [0.15, 0.2) is 206 Å². The molecular weight excluding hydrogens is 705 g/mol. The molecule has 0 fully saturated rings. The zero-order valence-corrected chi connectivity index (χ0v) is 31.4. The van der Waals surface area contributed by atoms with Gasteiger partial charge in [-0.2, -0.15) is 0 Å². The van der Waals surface area contributed by atoms with Crippen LogP contribution < -0.4 is 0 Å². The van der Waals surface area contributed by atoms with Crippen molar-refractivity contribution in [3.05, 3.63) is 206 Å². The maximum Gasteiger partial charge on any atom is 0.0972 e. The van der Waals surface area contributed by atoms with Crippen molar-refractivity contribution in [3.8, 4) is 67.2 Å². The monoisotopic (exact) mass is 738 g/mol. The summed E-state index contributed by atoms with van der Waals surface area (Å²) >= 11 is 0. The van der Waals surface area contributed by atoms with E-state index in [0.29, 0.717) is 0 Å². The normalized spacial score (nSPS) is 11.4. The number of benzene rings is 7. The predicted molar refractivity (Wildman–Crippen MR) is 240 cm³/mol. The van der Waals surface area contributed by atoms with Gasteiger partial charge in [0, 0.05) is 44.4 Å². The van der Waals surface area contributed by atoms with Crippen molar-refractivity contribution in [2.24, 2.45) is 0 Å². The van der Waals surface area contributed by atoms with Gasteiger partial charge in [0.25, 0.3) is 0 Å². The van der Waals surface area contributed by atoms with Gasteiger partial charge in [-0.05, 0) is 94.0 Å². The first-order chi connectivity index (χ1) is 28.7. The molecule has 0 radical (unpaired) electrons. The van der Waals surface area contributed by atoms with Crippen molar-refractivity contribution in [1.29, 1.82) is 0 Å². The van der Waals surface area contributed by atoms with E-state index in [9.17, 15) is 0 Å². The summed E-state index contributed by atoms with van der Waals surface area (Å²) in [6, 6.07) is 70.5. The Bertz CT molecular complexity index is 3260. The average Bonchev–Trinajstić information content (AvgIpc) is 3.31. The van der Waals surface area contributed by atoms with E-state index in [0.717, 1.165) is 88.5 Å². The Hall–Kier alpha value is -7.82. The molecule has 0 amide bonds. The third kappa shape index (κ3) is 6.23. The zero-order valence-electron chi connectivity index (χ0n) is 31.4. The predicted octanol–water partition coefficient (Wildman–Crippen LogP) is 13.9. The summed E-state index contributed by atoms with van der Waals surface area (Å²) in [6.45, 7) is 0. The quantitative estimate of drug-likeness (QED) is 0.159. The second kappa shape index (κ2) is 14.0. The first-order valence-corrected chi connectivity index (χ1v) is 19.5. The molecule has 11 aromatic rings. The number of pyridine rings is 4. The molecule has 270 valence electrons. The number of nitrogens with zero attached hydrogens (tertiary/aromatic N) is 4. The molecule has 0 aliphatic heterocycles. The van der Waals surface area contributed by atoms with Gasteiger partial charge in [-0.3, -0.25) is 4.98 Å². The van der Waals surface area contributed by atoms with E-state index < -0.39 is 0 Å². The molecule has 0 spiro atoms. The molecule has 0 aliphatic carbocycles. The van der Waals surface area contributed by atoms with E-state index in [2.05, 4.69) is 199 Å².